The minimum absolute atomic E-state index is 0.201. The molecule has 4 nitrogen and oxygen atoms in total. The Morgan fingerprint density at radius 1 is 1.33 bits per heavy atom. The Kier molecular flexibility index (Phi) is 5.30. The maximum atomic E-state index is 12.7. The molecule has 0 saturated heterocycles. The second-order valence-corrected chi connectivity index (χ2v) is 5.79. The van der Waals surface area contributed by atoms with Crippen LogP contribution in [0, 0.1) is 5.82 Å². The Morgan fingerprint density at radius 3 is 2.67 bits per heavy atom. The van der Waals surface area contributed by atoms with Gasteiger partial charge in [-0.3, -0.25) is 4.79 Å². The number of nitrogens with zero attached hydrogens (tertiary/aromatic N) is 1. The number of carbonyl (C=O) groups is 1. The monoisotopic (exact) mass is 326 g/mol. The van der Waals surface area contributed by atoms with Crippen LogP contribution in [-0.4, -0.2) is 18.2 Å². The number of hydrazone groups is 1. The van der Waals surface area contributed by atoms with Crippen molar-refractivity contribution in [3.63, 3.8) is 0 Å². The normalized spacial score (nSPS) is 11.3. The third kappa shape index (κ3) is 4.84. The van der Waals surface area contributed by atoms with E-state index in [9.17, 15) is 9.18 Å². The molecule has 2 aromatic rings. The average Bonchev–Trinajstić information content (AvgIpc) is 2.91. The first-order valence-corrected chi connectivity index (χ1v) is 7.21. The summed E-state index contributed by atoms with van der Waals surface area (Å²) < 4.78 is 18.6. The van der Waals surface area contributed by atoms with Gasteiger partial charge in [0.25, 0.3) is 5.91 Å². The highest BCUT2D eigenvalue weighted by Gasteiger charge is 2.04. The van der Waals surface area contributed by atoms with Gasteiger partial charge in [0.15, 0.2) is 6.61 Å². The molecular formula is C14H12ClFN2O2S. The Morgan fingerprint density at radius 2 is 2.05 bits per heavy atom. The molecule has 0 saturated carbocycles. The first kappa shape index (κ1) is 15.5. The minimum atomic E-state index is -0.402. The fourth-order valence-electron chi connectivity index (χ4n) is 1.42. The summed E-state index contributed by atoms with van der Waals surface area (Å²) in [6.07, 6.45) is 0. The Balaban J connectivity index is 1.83. The van der Waals surface area contributed by atoms with Crippen molar-refractivity contribution in [1.29, 1.82) is 0 Å². The van der Waals surface area contributed by atoms with Crippen LogP contribution >= 0.6 is 22.9 Å². The van der Waals surface area contributed by atoms with Crippen LogP contribution in [0.4, 0.5) is 4.39 Å². The van der Waals surface area contributed by atoms with E-state index < -0.39 is 5.91 Å². The van der Waals surface area contributed by atoms with Gasteiger partial charge in [-0.25, -0.2) is 9.82 Å². The topological polar surface area (TPSA) is 50.7 Å². The number of amides is 1. The zero-order valence-electron chi connectivity index (χ0n) is 11.1. The molecule has 1 aromatic heterocycles. The predicted molar refractivity (Wildman–Crippen MR) is 81.6 cm³/mol. The maximum absolute atomic E-state index is 12.7. The molecule has 1 amide bonds. The lowest BCUT2D eigenvalue weighted by Crippen LogP contribution is -2.25. The Hall–Kier alpha value is -1.92. The van der Waals surface area contributed by atoms with Crippen LogP contribution in [0.2, 0.25) is 4.34 Å². The lowest BCUT2D eigenvalue weighted by Gasteiger charge is -2.05. The molecule has 0 atom stereocenters. The van der Waals surface area contributed by atoms with Crippen LogP contribution in [-0.2, 0) is 4.79 Å². The van der Waals surface area contributed by atoms with Gasteiger partial charge in [0.05, 0.1) is 14.9 Å². The average molecular weight is 327 g/mol. The van der Waals surface area contributed by atoms with E-state index in [2.05, 4.69) is 10.5 Å². The van der Waals surface area contributed by atoms with Crippen LogP contribution in [0.15, 0.2) is 41.5 Å². The van der Waals surface area contributed by atoms with Crippen LogP contribution in [0.3, 0.4) is 0 Å². The first-order chi connectivity index (χ1) is 10.0. The summed E-state index contributed by atoms with van der Waals surface area (Å²) in [5, 5.41) is 3.96. The molecule has 0 unspecified atom stereocenters. The van der Waals surface area contributed by atoms with Crippen LogP contribution in [0.5, 0.6) is 5.75 Å². The Bertz CT molecular complexity index is 655. The van der Waals surface area contributed by atoms with E-state index in [1.807, 2.05) is 6.07 Å². The van der Waals surface area contributed by atoms with Crippen molar-refractivity contribution in [2.45, 2.75) is 6.92 Å². The summed E-state index contributed by atoms with van der Waals surface area (Å²) >= 11 is 7.20. The SMILES string of the molecule is CC(=NNC(=O)COc1ccc(F)cc1)c1ccc(Cl)s1. The molecule has 110 valence electrons. The number of rotatable bonds is 5. The molecule has 1 heterocycles. The van der Waals surface area contributed by atoms with Gasteiger partial charge in [-0.1, -0.05) is 11.6 Å². The number of ether oxygens (including phenoxy) is 1. The van der Waals surface area contributed by atoms with E-state index in [4.69, 9.17) is 16.3 Å². The maximum Gasteiger partial charge on any atom is 0.277 e. The largest absolute Gasteiger partial charge is 0.484 e. The van der Waals surface area contributed by atoms with Gasteiger partial charge in [-0.2, -0.15) is 5.10 Å². The highest BCUT2D eigenvalue weighted by atomic mass is 35.5. The first-order valence-electron chi connectivity index (χ1n) is 6.02. The van der Waals surface area contributed by atoms with Gasteiger partial charge in [-0.05, 0) is 43.3 Å². The van der Waals surface area contributed by atoms with Crippen molar-refractivity contribution in [2.75, 3.05) is 6.61 Å². The number of hydrogen-bond acceptors (Lipinski definition) is 4. The number of halogens is 2. The molecule has 2 rings (SSSR count). The molecule has 0 bridgehead atoms. The predicted octanol–water partition coefficient (Wildman–Crippen LogP) is 3.46. The number of nitrogens with one attached hydrogen (secondary N) is 1. The standard InChI is InChI=1S/C14H12ClFN2O2S/c1-9(12-6-7-13(15)21-12)17-18-14(19)8-20-11-4-2-10(16)3-5-11/h2-7H,8H2,1H3,(H,18,19). The fourth-order valence-corrected chi connectivity index (χ4v) is 2.41. The molecule has 1 aromatic carbocycles. The van der Waals surface area contributed by atoms with Gasteiger partial charge >= 0.3 is 0 Å². The van der Waals surface area contributed by atoms with E-state index in [-0.39, 0.29) is 12.4 Å². The third-order valence-electron chi connectivity index (χ3n) is 2.46. The zero-order valence-corrected chi connectivity index (χ0v) is 12.7. The summed E-state index contributed by atoms with van der Waals surface area (Å²) in [5.74, 6) is -0.347. The second-order valence-electron chi connectivity index (χ2n) is 4.08. The fraction of sp³-hybridized carbons (Fsp3) is 0.143. The van der Waals surface area contributed by atoms with E-state index in [0.29, 0.717) is 15.8 Å². The summed E-state index contributed by atoms with van der Waals surface area (Å²) in [7, 11) is 0. The molecule has 0 fully saturated rings. The van der Waals surface area contributed by atoms with E-state index >= 15 is 0 Å². The summed E-state index contributed by atoms with van der Waals surface area (Å²) in [6, 6.07) is 9.01. The van der Waals surface area contributed by atoms with Crippen molar-refractivity contribution in [1.82, 2.24) is 5.43 Å². The molecule has 0 aliphatic rings. The lowest BCUT2D eigenvalue weighted by atomic mass is 10.3. The highest BCUT2D eigenvalue weighted by Crippen LogP contribution is 2.21. The van der Waals surface area contributed by atoms with Gasteiger partial charge in [0, 0.05) is 0 Å². The lowest BCUT2D eigenvalue weighted by molar-refractivity contribution is -0.123. The van der Waals surface area contributed by atoms with E-state index in [1.54, 1.807) is 13.0 Å². The van der Waals surface area contributed by atoms with Crippen LogP contribution < -0.4 is 10.2 Å². The van der Waals surface area contributed by atoms with Crippen molar-refractivity contribution in [3.8, 4) is 5.75 Å². The number of carbonyl (C=O) groups excluding carboxylic acids is 1. The van der Waals surface area contributed by atoms with Crippen molar-refractivity contribution in [3.05, 3.63) is 51.4 Å². The highest BCUT2D eigenvalue weighted by molar-refractivity contribution is 7.18. The minimum Gasteiger partial charge on any atom is -0.484 e. The molecule has 0 aliphatic carbocycles. The number of benzene rings is 1. The van der Waals surface area contributed by atoms with E-state index in [1.165, 1.54) is 35.6 Å². The summed E-state index contributed by atoms with van der Waals surface area (Å²) in [5.41, 5.74) is 3.04. The molecule has 0 aliphatic heterocycles. The van der Waals surface area contributed by atoms with Crippen molar-refractivity contribution >= 4 is 34.6 Å². The van der Waals surface area contributed by atoms with Gasteiger partial charge in [-0.15, -0.1) is 11.3 Å². The number of thiophene rings is 1. The van der Waals surface area contributed by atoms with Crippen molar-refractivity contribution in [2.24, 2.45) is 5.10 Å². The quantitative estimate of drug-likeness (QED) is 0.675. The number of hydrogen-bond donors (Lipinski definition) is 1. The zero-order chi connectivity index (χ0) is 15.2. The summed E-state index contributed by atoms with van der Waals surface area (Å²) in [4.78, 5) is 12.5. The van der Waals surface area contributed by atoms with Crippen molar-refractivity contribution < 1.29 is 13.9 Å². The second kappa shape index (κ2) is 7.19. The molecule has 0 radical (unpaired) electrons. The van der Waals surface area contributed by atoms with Gasteiger partial charge in [0.2, 0.25) is 0 Å². The van der Waals surface area contributed by atoms with Crippen LogP contribution in [0.1, 0.15) is 11.8 Å². The van der Waals surface area contributed by atoms with Crippen LogP contribution in [0.25, 0.3) is 0 Å². The van der Waals surface area contributed by atoms with E-state index in [0.717, 1.165) is 4.88 Å². The molecule has 1 N–H and O–H groups in total. The van der Waals surface area contributed by atoms with Gasteiger partial charge < -0.3 is 4.74 Å². The summed E-state index contributed by atoms with van der Waals surface area (Å²) in [6.45, 7) is 1.57. The Labute approximate surface area is 130 Å². The molecular weight excluding hydrogens is 315 g/mol. The molecule has 7 heteroatoms. The van der Waals surface area contributed by atoms with Gasteiger partial charge in [0.1, 0.15) is 11.6 Å². The smallest absolute Gasteiger partial charge is 0.277 e. The third-order valence-corrected chi connectivity index (χ3v) is 3.80. The molecule has 21 heavy (non-hydrogen) atoms. The molecule has 0 spiro atoms.